The molecule has 0 N–H and O–H groups in total. The van der Waals surface area contributed by atoms with Crippen molar-refractivity contribution in [3.8, 4) is 11.8 Å². The molecule has 1 aliphatic heterocycles. The van der Waals surface area contributed by atoms with Crippen molar-refractivity contribution in [2.75, 3.05) is 4.90 Å². The lowest BCUT2D eigenvalue weighted by Gasteiger charge is -2.29. The number of rotatable bonds is 2. The van der Waals surface area contributed by atoms with E-state index in [2.05, 4.69) is 58.0 Å². The monoisotopic (exact) mass is 453 g/mol. The lowest BCUT2D eigenvalue weighted by atomic mass is 9.89. The number of hydrogen-bond acceptors (Lipinski definition) is 2. The van der Waals surface area contributed by atoms with Gasteiger partial charge in [-0.25, -0.2) is 4.39 Å². The highest BCUT2D eigenvalue weighted by molar-refractivity contribution is 6.09. The van der Waals surface area contributed by atoms with Crippen LogP contribution in [0.5, 0.6) is 0 Å². The van der Waals surface area contributed by atoms with Gasteiger partial charge in [-0.15, -0.1) is 0 Å². The number of nitriles is 1. The van der Waals surface area contributed by atoms with Crippen molar-refractivity contribution in [1.82, 2.24) is 4.57 Å². The summed E-state index contributed by atoms with van der Waals surface area (Å²) in [6.07, 6.45) is 5.38. The molecule has 4 heteroatoms. The molecule has 5 aromatic rings. The Kier molecular flexibility index (Phi) is 4.21. The van der Waals surface area contributed by atoms with Gasteiger partial charge in [0.1, 0.15) is 11.9 Å². The van der Waals surface area contributed by atoms with Crippen molar-refractivity contribution in [2.24, 2.45) is 0 Å². The molecule has 3 nitrogen and oxygen atoms in total. The highest BCUT2D eigenvalue weighted by atomic mass is 19.1. The summed E-state index contributed by atoms with van der Waals surface area (Å²) in [4.78, 5) is 2.12. The number of para-hydroxylation sites is 3. The maximum atomic E-state index is 15.6. The van der Waals surface area contributed by atoms with E-state index < -0.39 is 5.92 Å². The summed E-state index contributed by atoms with van der Waals surface area (Å²) < 4.78 is 17.9. The van der Waals surface area contributed by atoms with Crippen LogP contribution in [-0.2, 0) is 0 Å². The first kappa shape index (κ1) is 19.8. The number of allylic oxidation sites excluding steroid dienone is 2. The Labute approximate surface area is 202 Å². The van der Waals surface area contributed by atoms with E-state index >= 15 is 4.39 Å². The summed E-state index contributed by atoms with van der Waals surface area (Å²) in [5.41, 5.74) is 6.38. The average molecular weight is 454 g/mol. The Morgan fingerprint density at radius 2 is 1.34 bits per heavy atom. The molecule has 0 radical (unpaired) electrons. The van der Waals surface area contributed by atoms with Crippen LogP contribution in [0.1, 0.15) is 17.0 Å². The van der Waals surface area contributed by atoms with E-state index in [4.69, 9.17) is 0 Å². The fraction of sp³-hybridized carbons (Fsp3) is 0.0645. The first-order valence-electron chi connectivity index (χ1n) is 11.7. The minimum Gasteiger partial charge on any atom is -0.332 e. The van der Waals surface area contributed by atoms with E-state index in [1.807, 2.05) is 54.6 Å². The number of halogens is 1. The molecule has 166 valence electrons. The molecule has 0 fully saturated rings. The SMILES string of the molecule is N#Cc1ccccc1N1c2cccc(-n3c4ccccc4c4ccccc43)c2C2C(F)=CC=CC21. The van der Waals surface area contributed by atoms with Crippen LogP contribution in [0.15, 0.2) is 115 Å². The summed E-state index contributed by atoms with van der Waals surface area (Å²) in [5.74, 6) is -0.623. The van der Waals surface area contributed by atoms with E-state index in [1.165, 1.54) is 10.8 Å². The van der Waals surface area contributed by atoms with Crippen LogP contribution >= 0.6 is 0 Å². The second kappa shape index (κ2) is 7.44. The first-order valence-corrected chi connectivity index (χ1v) is 11.7. The van der Waals surface area contributed by atoms with Crippen LogP contribution < -0.4 is 4.90 Å². The van der Waals surface area contributed by atoms with Gasteiger partial charge < -0.3 is 9.47 Å². The van der Waals surface area contributed by atoms with Crippen molar-refractivity contribution in [3.05, 3.63) is 126 Å². The van der Waals surface area contributed by atoms with Gasteiger partial charge in [0.15, 0.2) is 0 Å². The topological polar surface area (TPSA) is 32.0 Å². The Morgan fingerprint density at radius 1 is 0.714 bits per heavy atom. The third-order valence-corrected chi connectivity index (χ3v) is 7.24. The van der Waals surface area contributed by atoms with Gasteiger partial charge in [-0.05, 0) is 42.5 Å². The molecule has 0 bridgehead atoms. The number of benzene rings is 4. The zero-order chi connectivity index (χ0) is 23.5. The summed E-state index contributed by atoms with van der Waals surface area (Å²) in [5, 5.41) is 12.2. The Morgan fingerprint density at radius 3 is 2.09 bits per heavy atom. The van der Waals surface area contributed by atoms with Gasteiger partial charge in [-0.1, -0.05) is 66.7 Å². The van der Waals surface area contributed by atoms with Crippen molar-refractivity contribution < 1.29 is 4.39 Å². The van der Waals surface area contributed by atoms with E-state index in [1.54, 1.807) is 12.2 Å². The maximum Gasteiger partial charge on any atom is 0.110 e. The molecule has 1 aromatic heterocycles. The van der Waals surface area contributed by atoms with Crippen molar-refractivity contribution in [3.63, 3.8) is 0 Å². The zero-order valence-electron chi connectivity index (χ0n) is 18.8. The van der Waals surface area contributed by atoms with Gasteiger partial charge in [-0.2, -0.15) is 5.26 Å². The fourth-order valence-electron chi connectivity index (χ4n) is 5.86. The molecule has 2 atom stereocenters. The van der Waals surface area contributed by atoms with E-state index in [0.29, 0.717) is 5.56 Å². The summed E-state index contributed by atoms with van der Waals surface area (Å²) >= 11 is 0. The smallest absolute Gasteiger partial charge is 0.110 e. The largest absolute Gasteiger partial charge is 0.332 e. The molecule has 0 saturated carbocycles. The Balaban J connectivity index is 1.58. The van der Waals surface area contributed by atoms with Gasteiger partial charge in [0.2, 0.25) is 0 Å². The third-order valence-electron chi connectivity index (χ3n) is 7.24. The summed E-state index contributed by atoms with van der Waals surface area (Å²) in [7, 11) is 0. The number of fused-ring (bicyclic) bond motifs is 6. The molecule has 0 saturated heterocycles. The first-order chi connectivity index (χ1) is 17.3. The predicted molar refractivity (Wildman–Crippen MR) is 139 cm³/mol. The standard InChI is InChI=1S/C31H20FN3/c32-23-12-7-16-27-30(23)31-28(34(27)24-13-4-1-9-20(24)19-33)17-8-18-29(31)35-25-14-5-2-10-21(25)22-11-3-6-15-26(22)35/h1-18,27,30H. The Bertz CT molecular complexity index is 1700. The van der Waals surface area contributed by atoms with Gasteiger partial charge in [0.25, 0.3) is 0 Å². The normalized spacial score (nSPS) is 18.4. The zero-order valence-corrected chi connectivity index (χ0v) is 18.8. The van der Waals surface area contributed by atoms with E-state index in [-0.39, 0.29) is 11.9 Å². The van der Waals surface area contributed by atoms with Crippen LogP contribution in [0.3, 0.4) is 0 Å². The van der Waals surface area contributed by atoms with Crippen LogP contribution in [-0.4, -0.2) is 10.6 Å². The number of hydrogen-bond donors (Lipinski definition) is 0. The lowest BCUT2D eigenvalue weighted by Crippen LogP contribution is -2.30. The quantitative estimate of drug-likeness (QED) is 0.274. The van der Waals surface area contributed by atoms with Crippen LogP contribution in [0.4, 0.5) is 15.8 Å². The maximum absolute atomic E-state index is 15.6. The van der Waals surface area contributed by atoms with Crippen molar-refractivity contribution in [1.29, 1.82) is 5.26 Å². The minimum atomic E-state index is -0.460. The van der Waals surface area contributed by atoms with Crippen molar-refractivity contribution >= 4 is 33.2 Å². The highest BCUT2D eigenvalue weighted by Gasteiger charge is 2.44. The average Bonchev–Trinajstić information content (AvgIpc) is 3.42. The number of anilines is 2. The van der Waals surface area contributed by atoms with Crippen molar-refractivity contribution in [2.45, 2.75) is 12.0 Å². The molecule has 0 spiro atoms. The molecule has 7 rings (SSSR count). The molecule has 1 aliphatic carbocycles. The summed E-state index contributed by atoms with van der Waals surface area (Å²) in [6.45, 7) is 0. The summed E-state index contributed by atoms with van der Waals surface area (Å²) in [6, 6.07) is 32.5. The molecule has 2 aliphatic rings. The molecule has 35 heavy (non-hydrogen) atoms. The Hall–Kier alpha value is -4.62. The molecule has 2 heterocycles. The highest BCUT2D eigenvalue weighted by Crippen LogP contribution is 2.53. The molecular formula is C31H20FN3. The minimum absolute atomic E-state index is 0.163. The predicted octanol–water partition coefficient (Wildman–Crippen LogP) is 7.68. The second-order valence-corrected chi connectivity index (χ2v) is 8.98. The van der Waals surface area contributed by atoms with Gasteiger partial charge in [0, 0.05) is 22.0 Å². The molecular weight excluding hydrogens is 433 g/mol. The molecule has 0 amide bonds. The van der Waals surface area contributed by atoms with Gasteiger partial charge in [-0.3, -0.25) is 0 Å². The fourth-order valence-corrected chi connectivity index (χ4v) is 5.86. The van der Waals surface area contributed by atoms with Gasteiger partial charge in [0.05, 0.1) is 39.9 Å². The van der Waals surface area contributed by atoms with Gasteiger partial charge >= 0.3 is 0 Å². The lowest BCUT2D eigenvalue weighted by molar-refractivity contribution is 0.523. The van der Waals surface area contributed by atoms with Crippen LogP contribution in [0, 0.1) is 11.3 Å². The van der Waals surface area contributed by atoms with E-state index in [0.717, 1.165) is 33.7 Å². The number of aromatic nitrogens is 1. The second-order valence-electron chi connectivity index (χ2n) is 8.98. The van der Waals surface area contributed by atoms with E-state index in [9.17, 15) is 5.26 Å². The molecule has 4 aromatic carbocycles. The molecule has 2 unspecified atom stereocenters. The number of nitrogens with zero attached hydrogens (tertiary/aromatic N) is 3. The third kappa shape index (κ3) is 2.70. The van der Waals surface area contributed by atoms with Crippen LogP contribution in [0.25, 0.3) is 27.5 Å². The van der Waals surface area contributed by atoms with Crippen LogP contribution in [0.2, 0.25) is 0 Å².